The Balaban J connectivity index is 1.32. The van der Waals surface area contributed by atoms with E-state index in [1.807, 2.05) is 36.4 Å². The van der Waals surface area contributed by atoms with E-state index in [1.54, 1.807) is 0 Å². The summed E-state index contributed by atoms with van der Waals surface area (Å²) in [5, 5.41) is 4.83. The third-order valence-corrected chi connectivity index (χ3v) is 9.58. The number of rotatable bonds is 5. The van der Waals surface area contributed by atoms with Crippen LogP contribution in [0.4, 0.5) is 0 Å². The Labute approximate surface area is 288 Å². The van der Waals surface area contributed by atoms with Crippen molar-refractivity contribution in [1.29, 1.82) is 0 Å². The Morgan fingerprint density at radius 2 is 0.700 bits per heavy atom. The van der Waals surface area contributed by atoms with Gasteiger partial charge in [0.25, 0.3) is 0 Å². The minimum absolute atomic E-state index is 0.609. The number of benzene rings is 7. The molecule has 10 rings (SSSR count). The van der Waals surface area contributed by atoms with Crippen LogP contribution >= 0.6 is 0 Å². The third kappa shape index (κ3) is 4.45. The third-order valence-electron chi connectivity index (χ3n) is 9.58. The summed E-state index contributed by atoms with van der Waals surface area (Å²) in [6.45, 7) is 0. The van der Waals surface area contributed by atoms with E-state index in [0.29, 0.717) is 17.5 Å². The van der Waals surface area contributed by atoms with Gasteiger partial charge in [0.2, 0.25) is 0 Å². The van der Waals surface area contributed by atoms with Crippen molar-refractivity contribution in [3.8, 4) is 45.5 Å². The van der Waals surface area contributed by atoms with Crippen molar-refractivity contribution in [2.75, 3.05) is 0 Å². The Morgan fingerprint density at radius 3 is 1.16 bits per heavy atom. The standard InChI is InChI=1S/C45H29N5/c1-3-15-30(16-4-1)43-46-44(31-17-5-2-6-18-31)48-45(47-43)37-29-32(49-38-23-11-7-19-33(38)34-20-8-12-24-39(34)49)27-28-42(37)50-40-25-13-9-21-35(40)36-22-10-14-26-41(36)50/h1-29H. The summed E-state index contributed by atoms with van der Waals surface area (Å²) >= 11 is 0. The molecule has 0 aliphatic heterocycles. The lowest BCUT2D eigenvalue weighted by atomic mass is 10.1. The van der Waals surface area contributed by atoms with E-state index >= 15 is 0 Å². The molecule has 3 heterocycles. The average molecular weight is 640 g/mol. The van der Waals surface area contributed by atoms with Gasteiger partial charge in [-0.15, -0.1) is 0 Å². The number of fused-ring (bicyclic) bond motifs is 6. The lowest BCUT2D eigenvalue weighted by Gasteiger charge is -2.17. The molecule has 0 bridgehead atoms. The molecule has 0 amide bonds. The number of para-hydroxylation sites is 4. The summed E-state index contributed by atoms with van der Waals surface area (Å²) < 4.78 is 4.70. The molecule has 0 aliphatic rings. The molecular weight excluding hydrogens is 611 g/mol. The molecule has 0 radical (unpaired) electrons. The maximum Gasteiger partial charge on any atom is 0.166 e. The summed E-state index contributed by atoms with van der Waals surface area (Å²) in [4.78, 5) is 15.5. The smallest absolute Gasteiger partial charge is 0.166 e. The summed E-state index contributed by atoms with van der Waals surface area (Å²) in [5.74, 6) is 1.87. The van der Waals surface area contributed by atoms with Gasteiger partial charge in [-0.2, -0.15) is 0 Å². The first-order valence-corrected chi connectivity index (χ1v) is 16.8. The van der Waals surface area contributed by atoms with Gasteiger partial charge in [-0.25, -0.2) is 15.0 Å². The normalized spacial score (nSPS) is 11.6. The van der Waals surface area contributed by atoms with Gasteiger partial charge in [0.1, 0.15) is 0 Å². The van der Waals surface area contributed by atoms with E-state index in [9.17, 15) is 0 Å². The van der Waals surface area contributed by atoms with Gasteiger partial charge in [0.05, 0.1) is 27.8 Å². The van der Waals surface area contributed by atoms with Gasteiger partial charge in [0.15, 0.2) is 17.5 Å². The molecule has 0 saturated heterocycles. The van der Waals surface area contributed by atoms with Crippen LogP contribution in [0.1, 0.15) is 0 Å². The van der Waals surface area contributed by atoms with Crippen LogP contribution in [-0.4, -0.2) is 24.1 Å². The molecule has 0 unspecified atom stereocenters. The van der Waals surface area contributed by atoms with Gasteiger partial charge in [-0.1, -0.05) is 133 Å². The first kappa shape index (κ1) is 28.2. The molecule has 0 fully saturated rings. The van der Waals surface area contributed by atoms with Crippen molar-refractivity contribution in [2.24, 2.45) is 0 Å². The maximum atomic E-state index is 5.23. The van der Waals surface area contributed by atoms with E-state index in [4.69, 9.17) is 15.0 Å². The van der Waals surface area contributed by atoms with Gasteiger partial charge < -0.3 is 9.13 Å². The molecule has 5 nitrogen and oxygen atoms in total. The number of nitrogens with zero attached hydrogens (tertiary/aromatic N) is 5. The molecule has 0 saturated carbocycles. The Bertz CT molecular complexity index is 2700. The first-order valence-electron chi connectivity index (χ1n) is 16.8. The minimum Gasteiger partial charge on any atom is -0.309 e. The zero-order chi connectivity index (χ0) is 33.0. The highest BCUT2D eigenvalue weighted by molar-refractivity contribution is 6.11. The molecule has 10 aromatic rings. The molecular formula is C45H29N5. The predicted octanol–water partition coefficient (Wildman–Crippen LogP) is 11.1. The van der Waals surface area contributed by atoms with Crippen LogP contribution in [0, 0.1) is 0 Å². The van der Waals surface area contributed by atoms with Crippen LogP contribution in [-0.2, 0) is 0 Å². The highest BCUT2D eigenvalue weighted by Crippen LogP contribution is 2.39. The summed E-state index contributed by atoms with van der Waals surface area (Å²) in [6, 6.07) is 61.4. The topological polar surface area (TPSA) is 48.5 Å². The van der Waals surface area contributed by atoms with E-state index in [-0.39, 0.29) is 0 Å². The molecule has 0 aliphatic carbocycles. The molecule has 7 aromatic carbocycles. The monoisotopic (exact) mass is 639 g/mol. The fraction of sp³-hybridized carbons (Fsp3) is 0. The van der Waals surface area contributed by atoms with Crippen LogP contribution in [0.3, 0.4) is 0 Å². The SMILES string of the molecule is c1ccc(-c2nc(-c3ccccc3)nc(-c3cc(-n4c5ccccc5c5ccccc54)ccc3-n3c4ccccc4c4ccccc43)n2)cc1. The maximum absolute atomic E-state index is 5.23. The molecule has 5 heteroatoms. The highest BCUT2D eigenvalue weighted by Gasteiger charge is 2.21. The number of aromatic nitrogens is 5. The molecule has 234 valence electrons. The molecule has 0 atom stereocenters. The fourth-order valence-corrected chi connectivity index (χ4v) is 7.35. The molecule has 50 heavy (non-hydrogen) atoms. The van der Waals surface area contributed by atoms with Gasteiger partial charge in [-0.05, 0) is 42.5 Å². The van der Waals surface area contributed by atoms with Crippen LogP contribution in [0.15, 0.2) is 176 Å². The van der Waals surface area contributed by atoms with Crippen molar-refractivity contribution in [3.63, 3.8) is 0 Å². The highest BCUT2D eigenvalue weighted by atomic mass is 15.1. The van der Waals surface area contributed by atoms with Gasteiger partial charge in [-0.3, -0.25) is 0 Å². The molecule has 0 spiro atoms. The molecule has 3 aromatic heterocycles. The predicted molar refractivity (Wildman–Crippen MR) is 205 cm³/mol. The second-order valence-electron chi connectivity index (χ2n) is 12.5. The van der Waals surface area contributed by atoms with Gasteiger partial charge >= 0.3 is 0 Å². The lowest BCUT2D eigenvalue weighted by Crippen LogP contribution is -2.05. The number of hydrogen-bond donors (Lipinski definition) is 0. The average Bonchev–Trinajstić information content (AvgIpc) is 3.71. The van der Waals surface area contributed by atoms with Crippen molar-refractivity contribution < 1.29 is 0 Å². The van der Waals surface area contributed by atoms with Crippen LogP contribution in [0.5, 0.6) is 0 Å². The lowest BCUT2D eigenvalue weighted by molar-refractivity contribution is 1.06. The fourth-order valence-electron chi connectivity index (χ4n) is 7.35. The Hall–Kier alpha value is -6.85. The van der Waals surface area contributed by atoms with Crippen LogP contribution in [0.2, 0.25) is 0 Å². The van der Waals surface area contributed by atoms with Crippen molar-refractivity contribution in [1.82, 2.24) is 24.1 Å². The zero-order valence-electron chi connectivity index (χ0n) is 27.0. The quantitative estimate of drug-likeness (QED) is 0.188. The van der Waals surface area contributed by atoms with Crippen molar-refractivity contribution >= 4 is 43.6 Å². The van der Waals surface area contributed by atoms with E-state index in [2.05, 4.69) is 149 Å². The molecule has 0 N–H and O–H groups in total. The largest absolute Gasteiger partial charge is 0.309 e. The van der Waals surface area contributed by atoms with E-state index in [0.717, 1.165) is 50.1 Å². The van der Waals surface area contributed by atoms with E-state index < -0.39 is 0 Å². The second-order valence-corrected chi connectivity index (χ2v) is 12.5. The summed E-state index contributed by atoms with van der Waals surface area (Å²) in [5.41, 5.74) is 9.36. The van der Waals surface area contributed by atoms with E-state index in [1.165, 1.54) is 21.5 Å². The number of hydrogen-bond acceptors (Lipinski definition) is 3. The minimum atomic E-state index is 0.609. The summed E-state index contributed by atoms with van der Waals surface area (Å²) in [6.07, 6.45) is 0. The Morgan fingerprint density at radius 1 is 0.320 bits per heavy atom. The van der Waals surface area contributed by atoms with Crippen LogP contribution < -0.4 is 0 Å². The van der Waals surface area contributed by atoms with Crippen molar-refractivity contribution in [2.45, 2.75) is 0 Å². The zero-order valence-corrected chi connectivity index (χ0v) is 27.0. The first-order chi connectivity index (χ1) is 24.8. The van der Waals surface area contributed by atoms with Crippen molar-refractivity contribution in [3.05, 3.63) is 176 Å². The van der Waals surface area contributed by atoms with Crippen LogP contribution in [0.25, 0.3) is 89.2 Å². The van der Waals surface area contributed by atoms with Gasteiger partial charge in [0, 0.05) is 43.9 Å². The second kappa shape index (κ2) is 11.4. The summed E-state index contributed by atoms with van der Waals surface area (Å²) in [7, 11) is 0. The Kier molecular flexibility index (Phi) is 6.42.